The van der Waals surface area contributed by atoms with Gasteiger partial charge in [0.25, 0.3) is 5.56 Å². The molecule has 8 heteroatoms. The van der Waals surface area contributed by atoms with Crippen molar-refractivity contribution in [3.8, 4) is 11.5 Å². The Labute approximate surface area is 188 Å². The average Bonchev–Trinajstić information content (AvgIpc) is 2.79. The highest BCUT2D eigenvalue weighted by Gasteiger charge is 2.14. The van der Waals surface area contributed by atoms with Crippen molar-refractivity contribution in [2.75, 3.05) is 33.4 Å². The van der Waals surface area contributed by atoms with Gasteiger partial charge in [-0.3, -0.25) is 4.79 Å². The van der Waals surface area contributed by atoms with Gasteiger partial charge in [0.15, 0.2) is 17.1 Å². The summed E-state index contributed by atoms with van der Waals surface area (Å²) in [6.45, 7) is 7.92. The highest BCUT2D eigenvalue weighted by Crippen LogP contribution is 2.33. The summed E-state index contributed by atoms with van der Waals surface area (Å²) in [4.78, 5) is 24.6. The van der Waals surface area contributed by atoms with Crippen LogP contribution in [0.25, 0.3) is 27.5 Å². The predicted octanol–water partition coefficient (Wildman–Crippen LogP) is 4.28. The van der Waals surface area contributed by atoms with Crippen LogP contribution in [0.15, 0.2) is 45.9 Å². The largest absolute Gasteiger partial charge is 0.493 e. The Morgan fingerprint density at radius 1 is 1.06 bits per heavy atom. The van der Waals surface area contributed by atoms with E-state index in [9.17, 15) is 4.79 Å². The normalized spacial score (nSPS) is 11.6. The first-order valence-corrected chi connectivity index (χ1v) is 11.2. The average molecular weight is 485 g/mol. The molecule has 0 saturated carbocycles. The van der Waals surface area contributed by atoms with Crippen molar-refractivity contribution >= 4 is 43.4 Å². The molecule has 162 valence electrons. The van der Waals surface area contributed by atoms with Gasteiger partial charge in [-0.05, 0) is 43.8 Å². The van der Waals surface area contributed by atoms with Gasteiger partial charge in [0.05, 0.1) is 30.1 Å². The monoisotopic (exact) mass is 484 g/mol. The third-order valence-corrected chi connectivity index (χ3v) is 5.96. The molecule has 4 rings (SSSR count). The molecule has 0 radical (unpaired) electrons. The highest BCUT2D eigenvalue weighted by atomic mass is 79.9. The number of hydrogen-bond acceptors (Lipinski definition) is 6. The molecular formula is C23H25BrN4O3. The van der Waals surface area contributed by atoms with E-state index in [0.717, 1.165) is 35.9 Å². The molecule has 7 nitrogen and oxygen atoms in total. The first-order valence-electron chi connectivity index (χ1n) is 10.4. The molecular weight excluding hydrogens is 460 g/mol. The predicted molar refractivity (Wildman–Crippen MR) is 126 cm³/mol. The summed E-state index contributed by atoms with van der Waals surface area (Å²) in [5, 5.41) is 1.28. The van der Waals surface area contributed by atoms with Gasteiger partial charge in [-0.25, -0.2) is 14.4 Å². The van der Waals surface area contributed by atoms with Crippen LogP contribution in [0.4, 0.5) is 0 Å². The Hall–Kier alpha value is -2.71. The van der Waals surface area contributed by atoms with E-state index >= 15 is 0 Å². The molecule has 0 spiro atoms. The summed E-state index contributed by atoms with van der Waals surface area (Å²) in [7, 11) is 1.61. The van der Waals surface area contributed by atoms with Crippen molar-refractivity contribution < 1.29 is 9.47 Å². The van der Waals surface area contributed by atoms with Gasteiger partial charge in [-0.1, -0.05) is 29.8 Å². The van der Waals surface area contributed by atoms with Crippen molar-refractivity contribution in [2.24, 2.45) is 0 Å². The maximum atomic E-state index is 13.0. The zero-order valence-corrected chi connectivity index (χ0v) is 19.5. The Bertz CT molecular complexity index is 1300. The molecule has 4 aromatic rings. The zero-order chi connectivity index (χ0) is 22.0. The number of halogens is 1. The Balaban J connectivity index is 1.76. The second kappa shape index (κ2) is 9.20. The summed E-state index contributed by atoms with van der Waals surface area (Å²) in [5.41, 5.74) is 1.71. The topological polar surface area (TPSA) is 69.0 Å². The first kappa shape index (κ1) is 21.5. The molecule has 0 aliphatic rings. The summed E-state index contributed by atoms with van der Waals surface area (Å²) in [6.07, 6.45) is 2.42. The molecule has 31 heavy (non-hydrogen) atoms. The number of aromatic nitrogens is 3. The van der Waals surface area contributed by atoms with Crippen LogP contribution in [0.3, 0.4) is 0 Å². The van der Waals surface area contributed by atoms with Crippen LogP contribution >= 0.6 is 15.9 Å². The van der Waals surface area contributed by atoms with Crippen molar-refractivity contribution in [3.63, 3.8) is 0 Å². The molecule has 2 aromatic heterocycles. The van der Waals surface area contributed by atoms with E-state index in [-0.39, 0.29) is 5.56 Å². The van der Waals surface area contributed by atoms with Gasteiger partial charge in [-0.15, -0.1) is 0 Å². The number of nitrogens with zero attached hydrogens (tertiary/aromatic N) is 4. The van der Waals surface area contributed by atoms with Gasteiger partial charge in [0.1, 0.15) is 6.33 Å². The fraction of sp³-hybridized carbons (Fsp3) is 0.348. The number of methoxy groups -OCH3 is 1. The minimum Gasteiger partial charge on any atom is -0.493 e. The Kier molecular flexibility index (Phi) is 6.38. The molecule has 0 amide bonds. The van der Waals surface area contributed by atoms with Gasteiger partial charge in [0.2, 0.25) is 0 Å². The molecule has 0 aliphatic heterocycles. The quantitative estimate of drug-likeness (QED) is 0.211. The number of fused-ring (bicyclic) bond motifs is 4. The fourth-order valence-electron chi connectivity index (χ4n) is 3.71. The van der Waals surface area contributed by atoms with Crippen molar-refractivity contribution in [3.05, 3.63) is 51.5 Å². The van der Waals surface area contributed by atoms with Crippen LogP contribution in [0, 0.1) is 0 Å². The number of benzene rings is 2. The van der Waals surface area contributed by atoms with E-state index in [1.165, 1.54) is 10.7 Å². The summed E-state index contributed by atoms with van der Waals surface area (Å²) in [5.74, 6) is 1.23. The van der Waals surface area contributed by atoms with Crippen molar-refractivity contribution in [2.45, 2.75) is 20.3 Å². The maximum Gasteiger partial charge on any atom is 0.267 e. The summed E-state index contributed by atoms with van der Waals surface area (Å²) < 4.78 is 13.9. The van der Waals surface area contributed by atoms with Crippen molar-refractivity contribution in [1.82, 2.24) is 19.3 Å². The molecule has 0 N–H and O–H groups in total. The van der Waals surface area contributed by atoms with Gasteiger partial charge in [0, 0.05) is 22.5 Å². The van der Waals surface area contributed by atoms with Crippen LogP contribution in [0.1, 0.15) is 20.3 Å². The molecule has 0 unspecified atom stereocenters. The SMILES string of the molecule is CCN(CC)CCCOc1cc2c(cc1OC)ncn1c(=O)c3cc(Br)ccc3nc21. The number of ether oxygens (including phenoxy) is 2. The van der Waals surface area contributed by atoms with Crippen LogP contribution in [-0.2, 0) is 0 Å². The lowest BCUT2D eigenvalue weighted by molar-refractivity contribution is 0.243. The molecule has 0 bridgehead atoms. The van der Waals surface area contributed by atoms with E-state index in [1.54, 1.807) is 13.2 Å². The number of hydrogen-bond donors (Lipinski definition) is 0. The summed E-state index contributed by atoms with van der Waals surface area (Å²) in [6, 6.07) is 9.18. The van der Waals surface area contributed by atoms with Gasteiger partial charge in [-0.2, -0.15) is 0 Å². The lowest BCUT2D eigenvalue weighted by atomic mass is 10.2. The van der Waals surface area contributed by atoms with E-state index in [1.807, 2.05) is 24.3 Å². The fourth-order valence-corrected chi connectivity index (χ4v) is 4.07. The van der Waals surface area contributed by atoms with Crippen molar-refractivity contribution in [1.29, 1.82) is 0 Å². The second-order valence-electron chi connectivity index (χ2n) is 7.27. The minimum atomic E-state index is -0.159. The van der Waals surface area contributed by atoms with Gasteiger partial charge < -0.3 is 14.4 Å². The molecule has 0 fully saturated rings. The Morgan fingerprint density at radius 2 is 1.87 bits per heavy atom. The standard InChI is InChI=1S/C23H25BrN4O3/c1-4-27(5-2)9-6-10-31-21-12-16-19(13-20(21)30-3)25-14-28-22(16)26-18-8-7-15(24)11-17(18)23(28)29/h7-8,11-14H,4-6,9-10H2,1-3H3. The minimum absolute atomic E-state index is 0.159. The lowest BCUT2D eigenvalue weighted by Crippen LogP contribution is -2.25. The zero-order valence-electron chi connectivity index (χ0n) is 17.9. The van der Waals surface area contributed by atoms with E-state index in [2.05, 4.69) is 39.7 Å². The summed E-state index contributed by atoms with van der Waals surface area (Å²) >= 11 is 3.42. The van der Waals surface area contributed by atoms with Crippen LogP contribution in [0.5, 0.6) is 11.5 Å². The smallest absolute Gasteiger partial charge is 0.267 e. The van der Waals surface area contributed by atoms with Gasteiger partial charge >= 0.3 is 0 Å². The third kappa shape index (κ3) is 4.22. The molecule has 2 heterocycles. The van der Waals surface area contributed by atoms with Crippen LogP contribution < -0.4 is 15.0 Å². The Morgan fingerprint density at radius 3 is 2.61 bits per heavy atom. The molecule has 0 atom stereocenters. The van der Waals surface area contributed by atoms with E-state index < -0.39 is 0 Å². The molecule has 0 saturated heterocycles. The van der Waals surface area contributed by atoms with Crippen LogP contribution in [-0.4, -0.2) is 52.6 Å². The third-order valence-electron chi connectivity index (χ3n) is 5.47. The molecule has 2 aromatic carbocycles. The number of rotatable bonds is 8. The first-order chi connectivity index (χ1) is 15.0. The lowest BCUT2D eigenvalue weighted by Gasteiger charge is -2.18. The van der Waals surface area contributed by atoms with E-state index in [4.69, 9.17) is 14.5 Å². The second-order valence-corrected chi connectivity index (χ2v) is 8.18. The molecule has 0 aliphatic carbocycles. The maximum absolute atomic E-state index is 13.0. The van der Waals surface area contributed by atoms with E-state index in [0.29, 0.717) is 40.2 Å². The highest BCUT2D eigenvalue weighted by molar-refractivity contribution is 9.10. The van der Waals surface area contributed by atoms with Crippen LogP contribution in [0.2, 0.25) is 0 Å².